The molecule has 9 aromatic carbocycles. The van der Waals surface area contributed by atoms with Crippen LogP contribution in [0.4, 0.5) is 17.1 Å². The number of nitrogens with zero attached hydrogens (tertiary/aromatic N) is 1. The first-order chi connectivity index (χ1) is 27.0. The van der Waals surface area contributed by atoms with Gasteiger partial charge >= 0.3 is 0 Å². The Morgan fingerprint density at radius 1 is 0.382 bits per heavy atom. The molecule has 0 aliphatic heterocycles. The van der Waals surface area contributed by atoms with E-state index in [0.29, 0.717) is 0 Å². The van der Waals surface area contributed by atoms with Crippen LogP contribution in [-0.4, -0.2) is 0 Å². The molecule has 0 unspecified atom stereocenters. The van der Waals surface area contributed by atoms with Gasteiger partial charge in [-0.25, -0.2) is 0 Å². The normalized spacial score (nSPS) is 13.1. The zero-order valence-electron chi connectivity index (χ0n) is 30.8. The first-order valence-corrected chi connectivity index (χ1v) is 19.1. The second-order valence-electron chi connectivity index (χ2n) is 15.3. The third-order valence-corrected chi connectivity index (χ3v) is 11.9. The Bertz CT molecular complexity index is 3090. The molecule has 55 heavy (non-hydrogen) atoms. The summed E-state index contributed by atoms with van der Waals surface area (Å²) in [7, 11) is 0. The molecule has 0 saturated heterocycles. The van der Waals surface area contributed by atoms with Crippen LogP contribution in [0.25, 0.3) is 76.9 Å². The summed E-state index contributed by atoms with van der Waals surface area (Å²) in [5.41, 5.74) is 15.2. The van der Waals surface area contributed by atoms with Gasteiger partial charge in [0, 0.05) is 33.2 Å². The van der Waals surface area contributed by atoms with Gasteiger partial charge in [-0.05, 0) is 115 Å². The van der Waals surface area contributed by atoms with Crippen molar-refractivity contribution in [2.75, 3.05) is 4.90 Å². The van der Waals surface area contributed by atoms with Gasteiger partial charge in [0.2, 0.25) is 0 Å². The van der Waals surface area contributed by atoms with Crippen molar-refractivity contribution in [2.45, 2.75) is 19.3 Å². The molecule has 0 spiro atoms. The molecule has 0 fully saturated rings. The molecule has 1 aliphatic rings. The summed E-state index contributed by atoms with van der Waals surface area (Å²) in [5, 5.41) is 7.09. The molecule has 0 bridgehead atoms. The fourth-order valence-electron chi connectivity index (χ4n) is 9.17. The highest BCUT2D eigenvalue weighted by Crippen LogP contribution is 2.51. The summed E-state index contributed by atoms with van der Waals surface area (Å²) in [6.45, 7) is 4.70. The first-order valence-electron chi connectivity index (χ1n) is 19.1. The lowest BCUT2D eigenvalue weighted by Crippen LogP contribution is -2.16. The standard InChI is InChI=1S/C53H37NO/c1-53(2)47-19-7-6-15-42(47)43-30-29-40(33-48(43)53)54(38-25-21-35(22-26-38)34-11-4-3-5-12-34)39-27-23-36(24-28-39)41-31-32-50-52-44(41)17-10-18-46(52)45-16-8-13-37-14-9-20-49(55-50)51(37)45/h3-33H,1-2H3. The highest BCUT2D eigenvalue weighted by atomic mass is 16.3. The Kier molecular flexibility index (Phi) is 6.93. The van der Waals surface area contributed by atoms with Crippen LogP contribution in [0.5, 0.6) is 0 Å². The van der Waals surface area contributed by atoms with Crippen molar-refractivity contribution in [2.24, 2.45) is 0 Å². The van der Waals surface area contributed by atoms with Gasteiger partial charge in [-0.2, -0.15) is 0 Å². The van der Waals surface area contributed by atoms with Crippen LogP contribution in [0.3, 0.4) is 0 Å². The summed E-state index contributed by atoms with van der Waals surface area (Å²) < 4.78 is 6.68. The van der Waals surface area contributed by atoms with Gasteiger partial charge in [0.05, 0.1) is 0 Å². The summed E-state index contributed by atoms with van der Waals surface area (Å²) in [6, 6.07) is 68.3. The average molecular weight is 704 g/mol. The summed E-state index contributed by atoms with van der Waals surface area (Å²) >= 11 is 0. The molecule has 0 saturated carbocycles. The van der Waals surface area contributed by atoms with Crippen LogP contribution in [0.1, 0.15) is 25.0 Å². The van der Waals surface area contributed by atoms with Gasteiger partial charge in [-0.3, -0.25) is 0 Å². The van der Waals surface area contributed by atoms with Crippen LogP contribution in [0, 0.1) is 0 Å². The Labute approximate surface area is 320 Å². The van der Waals surface area contributed by atoms with Crippen LogP contribution in [0.2, 0.25) is 0 Å². The van der Waals surface area contributed by atoms with E-state index in [1.807, 2.05) is 0 Å². The van der Waals surface area contributed by atoms with E-state index < -0.39 is 0 Å². The number of rotatable bonds is 5. The molecule has 11 rings (SSSR count). The highest BCUT2D eigenvalue weighted by Gasteiger charge is 2.35. The number of anilines is 3. The van der Waals surface area contributed by atoms with E-state index in [0.717, 1.165) is 44.6 Å². The second kappa shape index (κ2) is 12.1. The van der Waals surface area contributed by atoms with Gasteiger partial charge in [0.1, 0.15) is 11.2 Å². The molecule has 1 aliphatic carbocycles. The molecule has 10 aromatic rings. The van der Waals surface area contributed by atoms with E-state index in [2.05, 4.69) is 207 Å². The fourth-order valence-corrected chi connectivity index (χ4v) is 9.17. The molecule has 0 atom stereocenters. The SMILES string of the molecule is CC1(C)c2ccccc2-c2ccc(N(c3ccc(-c4ccccc4)cc3)c3ccc(-c4ccc5oc6cccc7cccc(c8cccc4c58)c76)cc3)cc21. The number of fused-ring (bicyclic) bond motifs is 4. The topological polar surface area (TPSA) is 16.4 Å². The van der Waals surface area contributed by atoms with Crippen molar-refractivity contribution < 1.29 is 4.42 Å². The maximum atomic E-state index is 6.68. The average Bonchev–Trinajstić information content (AvgIpc) is 3.36. The van der Waals surface area contributed by atoms with Gasteiger partial charge in [0.25, 0.3) is 0 Å². The van der Waals surface area contributed by atoms with Gasteiger partial charge in [0.15, 0.2) is 0 Å². The molecule has 0 amide bonds. The largest absolute Gasteiger partial charge is 0.456 e. The minimum Gasteiger partial charge on any atom is -0.456 e. The lowest BCUT2D eigenvalue weighted by molar-refractivity contribution is 0.660. The molecule has 2 nitrogen and oxygen atoms in total. The predicted octanol–water partition coefficient (Wildman–Crippen LogP) is 15.0. The summed E-state index contributed by atoms with van der Waals surface area (Å²) in [6.07, 6.45) is 0. The van der Waals surface area contributed by atoms with Gasteiger partial charge in [-0.1, -0.05) is 153 Å². The minimum atomic E-state index is -0.0984. The van der Waals surface area contributed by atoms with E-state index in [1.165, 1.54) is 60.5 Å². The fraction of sp³-hybridized carbons (Fsp3) is 0.0566. The van der Waals surface area contributed by atoms with E-state index in [1.54, 1.807) is 0 Å². The van der Waals surface area contributed by atoms with Crippen LogP contribution in [-0.2, 0) is 5.41 Å². The van der Waals surface area contributed by atoms with Crippen LogP contribution >= 0.6 is 0 Å². The first kappa shape index (κ1) is 31.6. The zero-order valence-corrected chi connectivity index (χ0v) is 30.8. The van der Waals surface area contributed by atoms with E-state index in [-0.39, 0.29) is 5.41 Å². The Morgan fingerprint density at radius 2 is 0.945 bits per heavy atom. The Morgan fingerprint density at radius 3 is 1.73 bits per heavy atom. The second-order valence-corrected chi connectivity index (χ2v) is 15.3. The third kappa shape index (κ3) is 4.88. The lowest BCUT2D eigenvalue weighted by atomic mass is 9.82. The molecule has 1 aromatic heterocycles. The van der Waals surface area contributed by atoms with Crippen LogP contribution < -0.4 is 4.90 Å². The van der Waals surface area contributed by atoms with E-state index in [9.17, 15) is 0 Å². The smallest absolute Gasteiger partial charge is 0.135 e. The summed E-state index contributed by atoms with van der Waals surface area (Å²) in [5.74, 6) is 0. The van der Waals surface area contributed by atoms with Crippen molar-refractivity contribution in [1.82, 2.24) is 0 Å². The van der Waals surface area contributed by atoms with Gasteiger partial charge < -0.3 is 9.32 Å². The quantitative estimate of drug-likeness (QED) is 0.177. The van der Waals surface area contributed by atoms with Crippen molar-refractivity contribution in [3.05, 3.63) is 199 Å². The molecule has 2 heteroatoms. The van der Waals surface area contributed by atoms with Crippen molar-refractivity contribution >= 4 is 60.5 Å². The van der Waals surface area contributed by atoms with Crippen molar-refractivity contribution in [3.63, 3.8) is 0 Å². The number of benzene rings is 9. The molecule has 0 N–H and O–H groups in total. The maximum Gasteiger partial charge on any atom is 0.135 e. The zero-order chi connectivity index (χ0) is 36.7. The van der Waals surface area contributed by atoms with Crippen molar-refractivity contribution in [3.8, 4) is 33.4 Å². The number of hydrogen-bond acceptors (Lipinski definition) is 2. The minimum absolute atomic E-state index is 0.0984. The predicted molar refractivity (Wildman–Crippen MR) is 232 cm³/mol. The molecule has 1 heterocycles. The summed E-state index contributed by atoms with van der Waals surface area (Å²) in [4.78, 5) is 2.39. The molecule has 260 valence electrons. The molecular formula is C53H37NO. The van der Waals surface area contributed by atoms with E-state index >= 15 is 0 Å². The van der Waals surface area contributed by atoms with Crippen molar-refractivity contribution in [1.29, 1.82) is 0 Å². The third-order valence-electron chi connectivity index (χ3n) is 11.9. The monoisotopic (exact) mass is 703 g/mol. The number of hydrogen-bond donors (Lipinski definition) is 0. The highest BCUT2D eigenvalue weighted by molar-refractivity contribution is 6.24. The Hall–Kier alpha value is -6.90. The Balaban J connectivity index is 1.05. The van der Waals surface area contributed by atoms with Gasteiger partial charge in [-0.15, -0.1) is 0 Å². The molecule has 0 radical (unpaired) electrons. The maximum absolute atomic E-state index is 6.68. The molecular weight excluding hydrogens is 667 g/mol. The lowest BCUT2D eigenvalue weighted by Gasteiger charge is -2.28. The van der Waals surface area contributed by atoms with E-state index in [4.69, 9.17) is 4.42 Å². The van der Waals surface area contributed by atoms with Crippen LogP contribution in [0.15, 0.2) is 192 Å².